The predicted molar refractivity (Wildman–Crippen MR) is 30.8 cm³/mol. The van der Waals surface area contributed by atoms with Crippen molar-refractivity contribution in [1.82, 2.24) is 0 Å². The van der Waals surface area contributed by atoms with Crippen molar-refractivity contribution in [2.45, 2.75) is 13.3 Å². The summed E-state index contributed by atoms with van der Waals surface area (Å²) in [4.78, 5) is 0. The fourth-order valence-corrected chi connectivity index (χ4v) is 0.311. The quantitative estimate of drug-likeness (QED) is 0.515. The smallest absolute Gasteiger partial charge is 0.0639 e. The molecular weight excluding hydrogens is 88.1 g/mol. The lowest BCUT2D eigenvalue weighted by atomic mass is 10.3. The van der Waals surface area contributed by atoms with E-state index in [9.17, 15) is 0 Å². The number of hydrogen-bond acceptors (Lipinski definition) is 1. The van der Waals surface area contributed by atoms with Gasteiger partial charge in [0, 0.05) is 0 Å². The fourth-order valence-electron chi connectivity index (χ4n) is 0.311. The molecule has 41 valence electrons. The zero-order chi connectivity index (χ0) is 5.70. The van der Waals surface area contributed by atoms with Crippen LogP contribution in [0.1, 0.15) is 13.3 Å². The van der Waals surface area contributed by atoms with E-state index in [2.05, 4.69) is 6.92 Å². The molecule has 0 bridgehead atoms. The molecule has 0 spiro atoms. The number of aliphatic hydroxyl groups is 1. The zero-order valence-electron chi connectivity index (χ0n) is 4.65. The molecule has 0 aliphatic heterocycles. The highest BCUT2D eigenvalue weighted by molar-refractivity contribution is 4.97. The van der Waals surface area contributed by atoms with Crippen LogP contribution in [0, 0.1) is 6.92 Å². The van der Waals surface area contributed by atoms with Crippen molar-refractivity contribution in [2.75, 3.05) is 6.61 Å². The minimum absolute atomic E-state index is 0.162. The zero-order valence-corrected chi connectivity index (χ0v) is 4.65. The highest BCUT2D eigenvalue weighted by Gasteiger charge is 1.78. The number of allylic oxidation sites excluding steroid dienone is 1. The topological polar surface area (TPSA) is 20.2 Å². The first-order valence-electron chi connectivity index (χ1n) is 2.37. The fraction of sp³-hybridized carbons (Fsp3) is 0.500. The molecule has 0 heterocycles. The second-order valence-electron chi connectivity index (χ2n) is 1.50. The van der Waals surface area contributed by atoms with Gasteiger partial charge in [-0.1, -0.05) is 11.6 Å². The van der Waals surface area contributed by atoms with Crippen LogP contribution in [0.15, 0.2) is 11.6 Å². The van der Waals surface area contributed by atoms with Crippen LogP contribution in [-0.2, 0) is 0 Å². The molecule has 1 N–H and O–H groups in total. The van der Waals surface area contributed by atoms with E-state index in [0.717, 1.165) is 12.0 Å². The van der Waals surface area contributed by atoms with Gasteiger partial charge in [-0.25, -0.2) is 0 Å². The summed E-state index contributed by atoms with van der Waals surface area (Å²) in [7, 11) is 0. The van der Waals surface area contributed by atoms with Crippen molar-refractivity contribution in [3.05, 3.63) is 18.6 Å². The Morgan fingerprint density at radius 1 is 1.86 bits per heavy atom. The normalized spacial score (nSPS) is 12.1. The van der Waals surface area contributed by atoms with Gasteiger partial charge in [-0.05, 0) is 20.3 Å². The summed E-state index contributed by atoms with van der Waals surface area (Å²) in [6, 6.07) is 0. The van der Waals surface area contributed by atoms with Gasteiger partial charge in [-0.15, -0.1) is 0 Å². The van der Waals surface area contributed by atoms with Crippen molar-refractivity contribution < 1.29 is 5.11 Å². The Hall–Kier alpha value is -0.300. The molecule has 0 fully saturated rings. The summed E-state index contributed by atoms with van der Waals surface area (Å²) in [5.74, 6) is 0. The second kappa shape index (κ2) is 3.88. The molecule has 0 amide bonds. The third kappa shape index (κ3) is 3.53. The van der Waals surface area contributed by atoms with E-state index in [4.69, 9.17) is 5.11 Å². The van der Waals surface area contributed by atoms with Gasteiger partial charge in [0.2, 0.25) is 0 Å². The second-order valence-corrected chi connectivity index (χ2v) is 1.50. The van der Waals surface area contributed by atoms with E-state index in [1.807, 2.05) is 13.0 Å². The molecule has 0 saturated carbocycles. The van der Waals surface area contributed by atoms with Gasteiger partial charge in [0.15, 0.2) is 0 Å². The van der Waals surface area contributed by atoms with Gasteiger partial charge < -0.3 is 5.11 Å². The van der Waals surface area contributed by atoms with E-state index < -0.39 is 0 Å². The van der Waals surface area contributed by atoms with Crippen LogP contribution in [0.5, 0.6) is 0 Å². The first-order valence-corrected chi connectivity index (χ1v) is 2.37. The van der Waals surface area contributed by atoms with Crippen molar-refractivity contribution in [1.29, 1.82) is 0 Å². The molecule has 0 aromatic rings. The Morgan fingerprint density at radius 3 is 2.57 bits per heavy atom. The predicted octanol–water partition coefficient (Wildman–Crippen LogP) is 1.15. The molecule has 0 aromatic carbocycles. The third-order valence-corrected chi connectivity index (χ3v) is 0.742. The molecule has 0 atom stereocenters. The van der Waals surface area contributed by atoms with Crippen molar-refractivity contribution in [3.63, 3.8) is 0 Å². The third-order valence-electron chi connectivity index (χ3n) is 0.742. The van der Waals surface area contributed by atoms with E-state index >= 15 is 0 Å². The maximum absolute atomic E-state index is 8.37. The van der Waals surface area contributed by atoms with Gasteiger partial charge in [-0.2, -0.15) is 0 Å². The SMILES string of the molecule is [CH2]CC=C(C)CO. The molecule has 0 aromatic heterocycles. The van der Waals surface area contributed by atoms with E-state index in [-0.39, 0.29) is 6.61 Å². The minimum Gasteiger partial charge on any atom is -0.392 e. The van der Waals surface area contributed by atoms with E-state index in [1.165, 1.54) is 0 Å². The number of hydrogen-bond donors (Lipinski definition) is 1. The minimum atomic E-state index is 0.162. The highest BCUT2D eigenvalue weighted by Crippen LogP contribution is 1.90. The van der Waals surface area contributed by atoms with Crippen molar-refractivity contribution >= 4 is 0 Å². The standard InChI is InChI=1S/C6H11O/c1-3-4-6(2)5-7/h4,7H,1,3,5H2,2H3. The summed E-state index contributed by atoms with van der Waals surface area (Å²) in [6.45, 7) is 5.63. The van der Waals surface area contributed by atoms with Crippen LogP contribution in [0.2, 0.25) is 0 Å². The lowest BCUT2D eigenvalue weighted by Crippen LogP contribution is -1.81. The lowest BCUT2D eigenvalue weighted by molar-refractivity contribution is 0.331. The lowest BCUT2D eigenvalue weighted by Gasteiger charge is -1.88. The van der Waals surface area contributed by atoms with Gasteiger partial charge in [0.25, 0.3) is 0 Å². The first-order chi connectivity index (χ1) is 3.31. The average molecular weight is 99.2 g/mol. The molecule has 0 rings (SSSR count). The van der Waals surface area contributed by atoms with Crippen LogP contribution >= 0.6 is 0 Å². The first kappa shape index (κ1) is 6.70. The van der Waals surface area contributed by atoms with E-state index in [0.29, 0.717) is 0 Å². The maximum atomic E-state index is 8.37. The molecule has 0 unspecified atom stereocenters. The van der Waals surface area contributed by atoms with Gasteiger partial charge in [-0.3, -0.25) is 0 Å². The van der Waals surface area contributed by atoms with Crippen LogP contribution in [0.4, 0.5) is 0 Å². The monoisotopic (exact) mass is 99.1 g/mol. The van der Waals surface area contributed by atoms with Crippen molar-refractivity contribution in [2.24, 2.45) is 0 Å². The molecule has 0 aliphatic carbocycles. The van der Waals surface area contributed by atoms with Crippen LogP contribution in [-0.4, -0.2) is 11.7 Å². The Bertz CT molecular complexity index is 64.6. The van der Waals surface area contributed by atoms with Gasteiger partial charge in [0.1, 0.15) is 0 Å². The Labute approximate surface area is 44.7 Å². The molecule has 1 radical (unpaired) electrons. The Balaban J connectivity index is 3.29. The van der Waals surface area contributed by atoms with Crippen LogP contribution < -0.4 is 0 Å². The molecule has 1 nitrogen and oxygen atoms in total. The number of aliphatic hydroxyl groups excluding tert-OH is 1. The van der Waals surface area contributed by atoms with Crippen molar-refractivity contribution in [3.8, 4) is 0 Å². The summed E-state index contributed by atoms with van der Waals surface area (Å²) in [5, 5.41) is 8.37. The molecule has 7 heavy (non-hydrogen) atoms. The Kier molecular flexibility index (Phi) is 3.71. The van der Waals surface area contributed by atoms with Crippen LogP contribution in [0.25, 0.3) is 0 Å². The largest absolute Gasteiger partial charge is 0.392 e. The maximum Gasteiger partial charge on any atom is 0.0639 e. The number of rotatable bonds is 2. The molecule has 1 heteroatoms. The highest BCUT2D eigenvalue weighted by atomic mass is 16.3. The van der Waals surface area contributed by atoms with E-state index in [1.54, 1.807) is 0 Å². The molecular formula is C6H11O. The average Bonchev–Trinajstić information content (AvgIpc) is 1.68. The van der Waals surface area contributed by atoms with Gasteiger partial charge in [0.05, 0.1) is 6.61 Å². The Morgan fingerprint density at radius 2 is 2.43 bits per heavy atom. The summed E-state index contributed by atoms with van der Waals surface area (Å²) >= 11 is 0. The summed E-state index contributed by atoms with van der Waals surface area (Å²) in [6.07, 6.45) is 2.67. The molecule has 0 aliphatic rings. The summed E-state index contributed by atoms with van der Waals surface area (Å²) in [5.41, 5.74) is 0.995. The summed E-state index contributed by atoms with van der Waals surface area (Å²) < 4.78 is 0. The van der Waals surface area contributed by atoms with Gasteiger partial charge >= 0.3 is 0 Å². The molecule has 0 saturated heterocycles. The van der Waals surface area contributed by atoms with Crippen LogP contribution in [0.3, 0.4) is 0 Å².